The summed E-state index contributed by atoms with van der Waals surface area (Å²) in [6.07, 6.45) is 3.69. The second-order valence-electron chi connectivity index (χ2n) is 6.50. The van der Waals surface area contributed by atoms with Gasteiger partial charge in [-0.15, -0.1) is 11.3 Å². The van der Waals surface area contributed by atoms with Gasteiger partial charge in [0.2, 0.25) is 5.91 Å². The molecule has 1 fully saturated rings. The summed E-state index contributed by atoms with van der Waals surface area (Å²) in [5, 5.41) is 2.07. The lowest BCUT2D eigenvalue weighted by atomic mass is 9.98. The minimum absolute atomic E-state index is 0.281. The van der Waals surface area contributed by atoms with Crippen molar-refractivity contribution < 1.29 is 9.53 Å². The molecule has 24 heavy (non-hydrogen) atoms. The lowest BCUT2D eigenvalue weighted by Crippen LogP contribution is -2.41. The van der Waals surface area contributed by atoms with Crippen molar-refractivity contribution in [2.24, 2.45) is 5.92 Å². The summed E-state index contributed by atoms with van der Waals surface area (Å²) in [6.45, 7) is 4.48. The molecular formula is C20H25NO2S. The Balaban J connectivity index is 1.47. The zero-order valence-electron chi connectivity index (χ0n) is 14.2. The first-order chi connectivity index (χ1) is 11.7. The van der Waals surface area contributed by atoms with E-state index in [4.69, 9.17) is 4.74 Å². The van der Waals surface area contributed by atoms with E-state index < -0.39 is 0 Å². The third-order valence-electron chi connectivity index (χ3n) is 4.61. The standard InChI is InChI=1S/C20H25NO2S/c1-16-6-2-3-9-19(16)23-15-17-7-4-12-21(14-17)20(22)11-10-18-8-5-13-24-18/h2-3,5-6,8-9,13,17H,4,7,10-12,14-15H2,1H3. The highest BCUT2D eigenvalue weighted by molar-refractivity contribution is 7.09. The fourth-order valence-corrected chi connectivity index (χ4v) is 3.91. The van der Waals surface area contributed by atoms with Crippen molar-refractivity contribution >= 4 is 17.2 Å². The molecular weight excluding hydrogens is 318 g/mol. The number of para-hydroxylation sites is 1. The lowest BCUT2D eigenvalue weighted by Gasteiger charge is -2.33. The zero-order valence-corrected chi connectivity index (χ0v) is 15.1. The van der Waals surface area contributed by atoms with Crippen LogP contribution in [0, 0.1) is 12.8 Å². The topological polar surface area (TPSA) is 29.5 Å². The molecule has 3 nitrogen and oxygen atoms in total. The van der Waals surface area contributed by atoms with Crippen LogP contribution in [-0.2, 0) is 11.2 Å². The van der Waals surface area contributed by atoms with Crippen molar-refractivity contribution in [2.75, 3.05) is 19.7 Å². The van der Waals surface area contributed by atoms with Crippen molar-refractivity contribution in [3.05, 3.63) is 52.2 Å². The Morgan fingerprint density at radius 2 is 2.17 bits per heavy atom. The van der Waals surface area contributed by atoms with E-state index in [1.165, 1.54) is 4.88 Å². The molecule has 3 rings (SSSR count). The number of amides is 1. The number of piperidine rings is 1. The van der Waals surface area contributed by atoms with E-state index in [0.717, 1.165) is 43.7 Å². The molecule has 0 spiro atoms. The fourth-order valence-electron chi connectivity index (χ4n) is 3.20. The maximum absolute atomic E-state index is 12.5. The van der Waals surface area contributed by atoms with Crippen LogP contribution in [0.2, 0.25) is 0 Å². The average Bonchev–Trinajstić information content (AvgIpc) is 3.13. The summed E-state index contributed by atoms with van der Waals surface area (Å²) in [5.41, 5.74) is 1.16. The molecule has 128 valence electrons. The van der Waals surface area contributed by atoms with Gasteiger partial charge in [0.15, 0.2) is 0 Å². The molecule has 4 heteroatoms. The predicted octanol–water partition coefficient (Wildman–Crippen LogP) is 4.31. The van der Waals surface area contributed by atoms with Gasteiger partial charge in [-0.3, -0.25) is 4.79 Å². The minimum Gasteiger partial charge on any atom is -0.493 e. The van der Waals surface area contributed by atoms with Gasteiger partial charge in [0.25, 0.3) is 0 Å². The SMILES string of the molecule is Cc1ccccc1OCC1CCCN(C(=O)CCc2cccs2)C1. The molecule has 1 aromatic heterocycles. The average molecular weight is 343 g/mol. The van der Waals surface area contributed by atoms with Crippen LogP contribution in [0.15, 0.2) is 41.8 Å². The highest BCUT2D eigenvalue weighted by atomic mass is 32.1. The Morgan fingerprint density at radius 1 is 1.29 bits per heavy atom. The first-order valence-corrected chi connectivity index (χ1v) is 9.59. The normalized spacial score (nSPS) is 17.7. The van der Waals surface area contributed by atoms with E-state index in [0.29, 0.717) is 18.9 Å². The van der Waals surface area contributed by atoms with Crippen LogP contribution in [-0.4, -0.2) is 30.5 Å². The first-order valence-electron chi connectivity index (χ1n) is 8.71. The molecule has 1 unspecified atom stereocenters. The summed E-state index contributed by atoms with van der Waals surface area (Å²) >= 11 is 1.73. The van der Waals surface area contributed by atoms with Gasteiger partial charge in [0.1, 0.15) is 5.75 Å². The predicted molar refractivity (Wildman–Crippen MR) is 98.6 cm³/mol. The number of hydrogen-bond acceptors (Lipinski definition) is 3. The number of thiophene rings is 1. The van der Waals surface area contributed by atoms with E-state index in [1.807, 2.05) is 29.2 Å². The Labute approximate surface area is 148 Å². The fraction of sp³-hybridized carbons (Fsp3) is 0.450. The van der Waals surface area contributed by atoms with E-state index >= 15 is 0 Å². The second-order valence-corrected chi connectivity index (χ2v) is 7.54. The van der Waals surface area contributed by atoms with Gasteiger partial charge in [-0.2, -0.15) is 0 Å². The lowest BCUT2D eigenvalue weighted by molar-refractivity contribution is -0.133. The van der Waals surface area contributed by atoms with Crippen LogP contribution in [0.5, 0.6) is 5.75 Å². The van der Waals surface area contributed by atoms with Gasteiger partial charge in [0.05, 0.1) is 6.61 Å². The van der Waals surface area contributed by atoms with Gasteiger partial charge >= 0.3 is 0 Å². The molecule has 0 saturated carbocycles. The van der Waals surface area contributed by atoms with Crippen LogP contribution in [0.3, 0.4) is 0 Å². The van der Waals surface area contributed by atoms with Gasteiger partial charge < -0.3 is 9.64 Å². The molecule has 0 bridgehead atoms. The molecule has 2 heterocycles. The first kappa shape index (κ1) is 17.0. The summed E-state index contributed by atoms with van der Waals surface area (Å²) in [6, 6.07) is 12.3. The molecule has 0 radical (unpaired) electrons. The third-order valence-corrected chi connectivity index (χ3v) is 5.54. The Morgan fingerprint density at radius 3 is 2.96 bits per heavy atom. The highest BCUT2D eigenvalue weighted by Crippen LogP contribution is 2.22. The van der Waals surface area contributed by atoms with Gasteiger partial charge in [-0.1, -0.05) is 24.3 Å². The maximum Gasteiger partial charge on any atom is 0.222 e. The van der Waals surface area contributed by atoms with Crippen molar-refractivity contribution in [2.45, 2.75) is 32.6 Å². The monoisotopic (exact) mass is 343 g/mol. The van der Waals surface area contributed by atoms with Crippen LogP contribution < -0.4 is 4.74 Å². The number of hydrogen-bond donors (Lipinski definition) is 0. The van der Waals surface area contributed by atoms with E-state index in [2.05, 4.69) is 24.4 Å². The molecule has 0 N–H and O–H groups in total. The smallest absolute Gasteiger partial charge is 0.222 e. The minimum atomic E-state index is 0.281. The summed E-state index contributed by atoms with van der Waals surface area (Å²) in [7, 11) is 0. The number of carbonyl (C=O) groups is 1. The molecule has 1 amide bonds. The van der Waals surface area contributed by atoms with Crippen molar-refractivity contribution in [3.63, 3.8) is 0 Å². The number of likely N-dealkylation sites (tertiary alicyclic amines) is 1. The quantitative estimate of drug-likeness (QED) is 0.782. The van der Waals surface area contributed by atoms with Crippen molar-refractivity contribution in [3.8, 4) is 5.75 Å². The summed E-state index contributed by atoms with van der Waals surface area (Å²) in [4.78, 5) is 15.8. The largest absolute Gasteiger partial charge is 0.493 e. The molecule has 1 aliphatic heterocycles. The molecule has 1 aliphatic rings. The number of aryl methyl sites for hydroxylation is 2. The van der Waals surface area contributed by atoms with Crippen LogP contribution >= 0.6 is 11.3 Å². The van der Waals surface area contributed by atoms with E-state index in [1.54, 1.807) is 11.3 Å². The Bertz CT molecular complexity index is 653. The van der Waals surface area contributed by atoms with Gasteiger partial charge in [-0.05, 0) is 49.3 Å². The number of benzene rings is 1. The molecule has 1 saturated heterocycles. The van der Waals surface area contributed by atoms with Gasteiger partial charge in [-0.25, -0.2) is 0 Å². The second kappa shape index (κ2) is 8.34. The molecule has 0 aliphatic carbocycles. The van der Waals surface area contributed by atoms with Gasteiger partial charge in [0, 0.05) is 30.3 Å². The molecule has 1 atom stereocenters. The number of carbonyl (C=O) groups excluding carboxylic acids is 1. The van der Waals surface area contributed by atoms with E-state index in [9.17, 15) is 4.79 Å². The third kappa shape index (κ3) is 4.60. The zero-order chi connectivity index (χ0) is 16.8. The molecule has 1 aromatic carbocycles. The summed E-state index contributed by atoms with van der Waals surface area (Å²) in [5.74, 6) is 1.67. The Hall–Kier alpha value is -1.81. The number of ether oxygens (including phenoxy) is 1. The number of nitrogens with zero attached hydrogens (tertiary/aromatic N) is 1. The maximum atomic E-state index is 12.5. The van der Waals surface area contributed by atoms with Crippen LogP contribution in [0.1, 0.15) is 29.7 Å². The van der Waals surface area contributed by atoms with Crippen LogP contribution in [0.25, 0.3) is 0 Å². The van der Waals surface area contributed by atoms with Crippen LogP contribution in [0.4, 0.5) is 0 Å². The molecule has 2 aromatic rings. The van der Waals surface area contributed by atoms with Crippen molar-refractivity contribution in [1.82, 2.24) is 4.90 Å². The van der Waals surface area contributed by atoms with Crippen molar-refractivity contribution in [1.29, 1.82) is 0 Å². The highest BCUT2D eigenvalue weighted by Gasteiger charge is 2.24. The Kier molecular flexibility index (Phi) is 5.91. The number of rotatable bonds is 6. The summed E-state index contributed by atoms with van der Waals surface area (Å²) < 4.78 is 5.99. The van der Waals surface area contributed by atoms with E-state index in [-0.39, 0.29) is 5.91 Å².